The predicted molar refractivity (Wildman–Crippen MR) is 87.5 cm³/mol. The number of fused-ring (bicyclic) bond motifs is 1. The van der Waals surface area contributed by atoms with Crippen LogP contribution < -0.4 is 10.6 Å². The van der Waals surface area contributed by atoms with Crippen LogP contribution in [0, 0.1) is 5.82 Å². The molecule has 0 bridgehead atoms. The summed E-state index contributed by atoms with van der Waals surface area (Å²) in [5.74, 6) is -0.736. The van der Waals surface area contributed by atoms with Gasteiger partial charge in [-0.1, -0.05) is 42.5 Å². The van der Waals surface area contributed by atoms with Gasteiger partial charge in [0.2, 0.25) is 5.91 Å². The molecule has 0 atom stereocenters. The van der Waals surface area contributed by atoms with E-state index in [1.165, 1.54) is 12.1 Å². The number of anilines is 2. The van der Waals surface area contributed by atoms with Gasteiger partial charge >= 0.3 is 0 Å². The second-order valence-electron chi connectivity index (χ2n) is 4.94. The maximum Gasteiger partial charge on any atom is 0.243 e. The van der Waals surface area contributed by atoms with Crippen LogP contribution in [0.5, 0.6) is 0 Å². The highest BCUT2D eigenvalue weighted by molar-refractivity contribution is 5.94. The molecule has 1 amide bonds. The Morgan fingerprint density at radius 1 is 0.909 bits per heavy atom. The first-order valence-electron chi connectivity index (χ1n) is 6.99. The number of carbonyl (C=O) groups excluding carboxylic acids is 1. The summed E-state index contributed by atoms with van der Waals surface area (Å²) < 4.78 is 13.5. The molecule has 0 heterocycles. The molecule has 3 aromatic rings. The van der Waals surface area contributed by atoms with Gasteiger partial charge < -0.3 is 10.6 Å². The monoisotopic (exact) mass is 294 g/mol. The van der Waals surface area contributed by atoms with Gasteiger partial charge in [-0.2, -0.15) is 0 Å². The zero-order valence-corrected chi connectivity index (χ0v) is 11.8. The summed E-state index contributed by atoms with van der Waals surface area (Å²) in [6.07, 6.45) is 0. The predicted octanol–water partition coefficient (Wildman–Crippen LogP) is 4.03. The Morgan fingerprint density at radius 3 is 2.45 bits per heavy atom. The smallest absolute Gasteiger partial charge is 0.243 e. The Hall–Kier alpha value is -2.88. The van der Waals surface area contributed by atoms with Crippen LogP contribution in [0.15, 0.2) is 66.7 Å². The van der Waals surface area contributed by atoms with Crippen molar-refractivity contribution in [1.82, 2.24) is 0 Å². The molecule has 0 saturated heterocycles. The van der Waals surface area contributed by atoms with E-state index in [0.717, 1.165) is 16.5 Å². The lowest BCUT2D eigenvalue weighted by molar-refractivity contribution is -0.114. The molecule has 0 fully saturated rings. The fourth-order valence-corrected chi connectivity index (χ4v) is 2.24. The molecule has 3 aromatic carbocycles. The minimum atomic E-state index is -0.443. The number of carbonyl (C=O) groups is 1. The zero-order chi connectivity index (χ0) is 15.4. The van der Waals surface area contributed by atoms with Crippen LogP contribution in [-0.2, 0) is 4.79 Å². The first-order chi connectivity index (χ1) is 10.7. The second kappa shape index (κ2) is 6.26. The largest absolute Gasteiger partial charge is 0.376 e. The molecule has 0 saturated carbocycles. The van der Waals surface area contributed by atoms with Crippen LogP contribution in [0.3, 0.4) is 0 Å². The molecule has 110 valence electrons. The number of benzene rings is 3. The van der Waals surface area contributed by atoms with Crippen molar-refractivity contribution < 1.29 is 9.18 Å². The number of rotatable bonds is 4. The average Bonchev–Trinajstić information content (AvgIpc) is 2.55. The summed E-state index contributed by atoms with van der Waals surface area (Å²) in [5.41, 5.74) is 1.04. The van der Waals surface area contributed by atoms with Crippen LogP contribution in [0.1, 0.15) is 0 Å². The van der Waals surface area contributed by atoms with Gasteiger partial charge in [0, 0.05) is 5.69 Å². The molecule has 2 N–H and O–H groups in total. The van der Waals surface area contributed by atoms with Crippen molar-refractivity contribution in [1.29, 1.82) is 0 Å². The molecular weight excluding hydrogens is 279 g/mol. The Kier molecular flexibility index (Phi) is 4.01. The van der Waals surface area contributed by atoms with Gasteiger partial charge in [-0.25, -0.2) is 4.39 Å². The molecule has 3 rings (SSSR count). The fourth-order valence-electron chi connectivity index (χ4n) is 2.24. The molecule has 22 heavy (non-hydrogen) atoms. The van der Waals surface area contributed by atoms with Gasteiger partial charge in [-0.3, -0.25) is 4.79 Å². The molecule has 0 radical (unpaired) electrons. The summed E-state index contributed by atoms with van der Waals surface area (Å²) in [5, 5.41) is 7.82. The minimum Gasteiger partial charge on any atom is -0.376 e. The van der Waals surface area contributed by atoms with Gasteiger partial charge in [0.05, 0.1) is 12.2 Å². The normalized spacial score (nSPS) is 10.4. The number of halogens is 1. The van der Waals surface area contributed by atoms with Crippen molar-refractivity contribution in [3.8, 4) is 0 Å². The standard InChI is InChI=1S/C18H15FN2O/c19-16-7-3-4-8-17(16)21-18(22)12-20-15-10-9-13-5-1-2-6-14(13)11-15/h1-11,20H,12H2,(H,21,22). The Morgan fingerprint density at radius 2 is 1.64 bits per heavy atom. The first-order valence-corrected chi connectivity index (χ1v) is 6.99. The van der Waals surface area contributed by atoms with Crippen LogP contribution in [0.2, 0.25) is 0 Å². The van der Waals surface area contributed by atoms with Crippen LogP contribution in [0.4, 0.5) is 15.8 Å². The van der Waals surface area contributed by atoms with Gasteiger partial charge in [0.15, 0.2) is 0 Å². The Balaban J connectivity index is 1.63. The topological polar surface area (TPSA) is 41.1 Å². The van der Waals surface area contributed by atoms with E-state index in [0.29, 0.717) is 0 Å². The Bertz CT molecular complexity index is 817. The molecular formula is C18H15FN2O. The SMILES string of the molecule is O=C(CNc1ccc2ccccc2c1)Nc1ccccc1F. The summed E-state index contributed by atoms with van der Waals surface area (Å²) in [6, 6.07) is 20.0. The number of nitrogens with one attached hydrogen (secondary N) is 2. The molecule has 3 nitrogen and oxygen atoms in total. The number of amides is 1. The van der Waals surface area contributed by atoms with E-state index in [-0.39, 0.29) is 18.1 Å². The molecule has 0 aromatic heterocycles. The van der Waals surface area contributed by atoms with E-state index in [1.54, 1.807) is 12.1 Å². The molecule has 4 heteroatoms. The molecule has 0 aliphatic heterocycles. The van der Waals surface area contributed by atoms with E-state index in [1.807, 2.05) is 42.5 Å². The van der Waals surface area contributed by atoms with Crippen molar-refractivity contribution in [3.05, 3.63) is 72.5 Å². The molecule has 0 unspecified atom stereocenters. The first kappa shape index (κ1) is 14.1. The van der Waals surface area contributed by atoms with E-state index >= 15 is 0 Å². The highest BCUT2D eigenvalue weighted by atomic mass is 19.1. The summed E-state index contributed by atoms with van der Waals surface area (Å²) in [7, 11) is 0. The quantitative estimate of drug-likeness (QED) is 0.762. The van der Waals surface area contributed by atoms with E-state index < -0.39 is 5.82 Å². The Labute approximate surface area is 127 Å². The third-order valence-electron chi connectivity index (χ3n) is 3.35. The van der Waals surface area contributed by atoms with E-state index in [4.69, 9.17) is 0 Å². The highest BCUT2D eigenvalue weighted by Gasteiger charge is 2.06. The molecule has 0 spiro atoms. The van der Waals surface area contributed by atoms with Crippen molar-refractivity contribution >= 4 is 28.1 Å². The molecule has 0 aliphatic rings. The van der Waals surface area contributed by atoms with Crippen LogP contribution in [0.25, 0.3) is 10.8 Å². The highest BCUT2D eigenvalue weighted by Crippen LogP contribution is 2.18. The summed E-state index contributed by atoms with van der Waals surface area (Å²) >= 11 is 0. The maximum absolute atomic E-state index is 13.5. The molecule has 0 aliphatic carbocycles. The van der Waals surface area contributed by atoms with Crippen LogP contribution >= 0.6 is 0 Å². The van der Waals surface area contributed by atoms with Crippen molar-refractivity contribution in [2.24, 2.45) is 0 Å². The van der Waals surface area contributed by atoms with Crippen molar-refractivity contribution in [3.63, 3.8) is 0 Å². The fraction of sp³-hybridized carbons (Fsp3) is 0.0556. The van der Waals surface area contributed by atoms with Gasteiger partial charge in [-0.05, 0) is 35.0 Å². The van der Waals surface area contributed by atoms with Gasteiger partial charge in [0.1, 0.15) is 5.82 Å². The van der Waals surface area contributed by atoms with Gasteiger partial charge in [0.25, 0.3) is 0 Å². The number of hydrogen-bond donors (Lipinski definition) is 2. The van der Waals surface area contributed by atoms with Gasteiger partial charge in [-0.15, -0.1) is 0 Å². The minimum absolute atomic E-state index is 0.0761. The average molecular weight is 294 g/mol. The van der Waals surface area contributed by atoms with Crippen molar-refractivity contribution in [2.45, 2.75) is 0 Å². The lowest BCUT2D eigenvalue weighted by Gasteiger charge is -2.09. The maximum atomic E-state index is 13.5. The third-order valence-corrected chi connectivity index (χ3v) is 3.35. The summed E-state index contributed by atoms with van der Waals surface area (Å²) in [6.45, 7) is 0.0761. The lowest BCUT2D eigenvalue weighted by Crippen LogP contribution is -2.22. The third kappa shape index (κ3) is 3.23. The van der Waals surface area contributed by atoms with E-state index in [9.17, 15) is 9.18 Å². The second-order valence-corrected chi connectivity index (χ2v) is 4.94. The zero-order valence-electron chi connectivity index (χ0n) is 11.8. The lowest BCUT2D eigenvalue weighted by atomic mass is 10.1. The van der Waals surface area contributed by atoms with Crippen LogP contribution in [-0.4, -0.2) is 12.5 Å². The van der Waals surface area contributed by atoms with E-state index in [2.05, 4.69) is 10.6 Å². The van der Waals surface area contributed by atoms with Crippen molar-refractivity contribution in [2.75, 3.05) is 17.2 Å². The number of hydrogen-bond acceptors (Lipinski definition) is 2. The summed E-state index contributed by atoms with van der Waals surface area (Å²) in [4.78, 5) is 11.9. The number of para-hydroxylation sites is 1.